The highest BCUT2D eigenvalue weighted by Crippen LogP contribution is 2.31. The van der Waals surface area contributed by atoms with Crippen LogP contribution in [0.1, 0.15) is 45.2 Å². The third-order valence-corrected chi connectivity index (χ3v) is 2.82. The molecule has 0 saturated heterocycles. The standard InChI is InChI=1S/C13H16F5N/c1-13(2,3)5-4-6(19)7-8(14)10(16)12(18)11(17)9(7)15/h6H,4-5,19H2,1-3H3. The highest BCUT2D eigenvalue weighted by atomic mass is 19.2. The van der Waals surface area contributed by atoms with E-state index in [1.807, 2.05) is 20.8 Å². The highest BCUT2D eigenvalue weighted by Gasteiger charge is 2.29. The second-order valence-electron chi connectivity index (χ2n) is 5.69. The molecule has 0 aromatic heterocycles. The Bertz CT molecular complexity index is 450. The van der Waals surface area contributed by atoms with Gasteiger partial charge in [0.1, 0.15) is 0 Å². The van der Waals surface area contributed by atoms with Gasteiger partial charge in [0.05, 0.1) is 0 Å². The van der Waals surface area contributed by atoms with Gasteiger partial charge in [0.25, 0.3) is 0 Å². The summed E-state index contributed by atoms with van der Waals surface area (Å²) in [5.74, 6) is -9.78. The molecule has 0 aliphatic heterocycles. The maximum absolute atomic E-state index is 13.5. The van der Waals surface area contributed by atoms with Gasteiger partial charge in [-0.2, -0.15) is 0 Å². The highest BCUT2D eigenvalue weighted by molar-refractivity contribution is 5.26. The molecule has 1 rings (SSSR count). The third kappa shape index (κ3) is 3.43. The van der Waals surface area contributed by atoms with E-state index >= 15 is 0 Å². The maximum atomic E-state index is 13.5. The topological polar surface area (TPSA) is 26.0 Å². The molecule has 1 nitrogen and oxygen atoms in total. The number of benzene rings is 1. The summed E-state index contributed by atoms with van der Waals surface area (Å²) < 4.78 is 65.9. The second kappa shape index (κ2) is 5.45. The average molecular weight is 281 g/mol. The summed E-state index contributed by atoms with van der Waals surface area (Å²) >= 11 is 0. The minimum Gasteiger partial charge on any atom is -0.324 e. The average Bonchev–Trinajstić information content (AvgIpc) is 2.31. The molecule has 0 heterocycles. The Labute approximate surface area is 108 Å². The van der Waals surface area contributed by atoms with E-state index in [1.54, 1.807) is 0 Å². The lowest BCUT2D eigenvalue weighted by atomic mass is 9.87. The van der Waals surface area contributed by atoms with Gasteiger partial charge >= 0.3 is 0 Å². The lowest BCUT2D eigenvalue weighted by Gasteiger charge is -2.21. The van der Waals surface area contributed by atoms with Crippen molar-refractivity contribution in [2.24, 2.45) is 11.1 Å². The van der Waals surface area contributed by atoms with Crippen molar-refractivity contribution in [3.63, 3.8) is 0 Å². The van der Waals surface area contributed by atoms with Gasteiger partial charge in [0.2, 0.25) is 5.82 Å². The first-order valence-electron chi connectivity index (χ1n) is 5.83. The van der Waals surface area contributed by atoms with Crippen molar-refractivity contribution in [2.75, 3.05) is 0 Å². The molecule has 1 atom stereocenters. The van der Waals surface area contributed by atoms with E-state index in [0.29, 0.717) is 6.42 Å². The molecule has 1 unspecified atom stereocenters. The van der Waals surface area contributed by atoms with Gasteiger partial charge in [-0.25, -0.2) is 22.0 Å². The fraction of sp³-hybridized carbons (Fsp3) is 0.538. The van der Waals surface area contributed by atoms with Gasteiger partial charge in [-0.15, -0.1) is 0 Å². The summed E-state index contributed by atoms with van der Waals surface area (Å²) in [6.45, 7) is 5.66. The summed E-state index contributed by atoms with van der Waals surface area (Å²) in [6.07, 6.45) is 0.621. The van der Waals surface area contributed by atoms with Gasteiger partial charge in [-0.05, 0) is 18.3 Å². The number of hydrogen-bond acceptors (Lipinski definition) is 1. The lowest BCUT2D eigenvalue weighted by molar-refractivity contribution is 0.331. The minimum atomic E-state index is -2.17. The van der Waals surface area contributed by atoms with Crippen molar-refractivity contribution in [2.45, 2.75) is 39.7 Å². The zero-order valence-corrected chi connectivity index (χ0v) is 11.0. The fourth-order valence-electron chi connectivity index (χ4n) is 1.68. The minimum absolute atomic E-state index is 0.127. The molecule has 0 saturated carbocycles. The van der Waals surface area contributed by atoms with Crippen molar-refractivity contribution in [3.8, 4) is 0 Å². The van der Waals surface area contributed by atoms with E-state index in [4.69, 9.17) is 5.73 Å². The molecule has 0 fully saturated rings. The first kappa shape index (κ1) is 15.9. The Morgan fingerprint density at radius 2 is 1.21 bits per heavy atom. The summed E-state index contributed by atoms with van der Waals surface area (Å²) in [6, 6.07) is -1.23. The molecule has 19 heavy (non-hydrogen) atoms. The molecule has 0 spiro atoms. The molecule has 1 aromatic rings. The van der Waals surface area contributed by atoms with Crippen LogP contribution in [0.4, 0.5) is 22.0 Å². The van der Waals surface area contributed by atoms with Crippen LogP contribution >= 0.6 is 0 Å². The summed E-state index contributed by atoms with van der Waals surface area (Å²) in [4.78, 5) is 0. The Hall–Kier alpha value is -1.17. The van der Waals surface area contributed by atoms with Crippen LogP contribution in [0.3, 0.4) is 0 Å². The Morgan fingerprint density at radius 1 is 0.842 bits per heavy atom. The molecular weight excluding hydrogens is 265 g/mol. The predicted octanol–water partition coefficient (Wildman–Crippen LogP) is 4.21. The van der Waals surface area contributed by atoms with Gasteiger partial charge < -0.3 is 5.73 Å². The van der Waals surface area contributed by atoms with Crippen LogP contribution in [-0.2, 0) is 0 Å². The predicted molar refractivity (Wildman–Crippen MR) is 61.8 cm³/mol. The molecule has 2 N–H and O–H groups in total. The summed E-state index contributed by atoms with van der Waals surface area (Å²) in [5.41, 5.74) is 4.46. The van der Waals surface area contributed by atoms with E-state index in [1.165, 1.54) is 0 Å². The second-order valence-corrected chi connectivity index (χ2v) is 5.69. The van der Waals surface area contributed by atoms with E-state index in [-0.39, 0.29) is 11.8 Å². The summed E-state index contributed by atoms with van der Waals surface area (Å²) in [5, 5.41) is 0. The van der Waals surface area contributed by atoms with Gasteiger partial charge in [-0.3, -0.25) is 0 Å². The van der Waals surface area contributed by atoms with Crippen molar-refractivity contribution >= 4 is 0 Å². The van der Waals surface area contributed by atoms with Crippen molar-refractivity contribution in [3.05, 3.63) is 34.6 Å². The molecule has 1 aromatic carbocycles. The monoisotopic (exact) mass is 281 g/mol. The molecule has 6 heteroatoms. The molecule has 108 valence electrons. The van der Waals surface area contributed by atoms with Crippen LogP contribution in [0.2, 0.25) is 0 Å². The van der Waals surface area contributed by atoms with Crippen LogP contribution in [0.5, 0.6) is 0 Å². The Morgan fingerprint density at radius 3 is 1.58 bits per heavy atom. The van der Waals surface area contributed by atoms with Crippen LogP contribution in [0, 0.1) is 34.5 Å². The van der Waals surface area contributed by atoms with Crippen molar-refractivity contribution in [1.82, 2.24) is 0 Å². The lowest BCUT2D eigenvalue weighted by Crippen LogP contribution is -2.20. The molecule has 0 radical (unpaired) electrons. The van der Waals surface area contributed by atoms with Gasteiger partial charge in [0, 0.05) is 11.6 Å². The SMILES string of the molecule is CC(C)(C)CCC(N)c1c(F)c(F)c(F)c(F)c1F. The fourth-order valence-corrected chi connectivity index (χ4v) is 1.68. The Balaban J connectivity index is 3.14. The van der Waals surface area contributed by atoms with Crippen LogP contribution in [0.25, 0.3) is 0 Å². The number of halogens is 5. The number of hydrogen-bond donors (Lipinski definition) is 1. The van der Waals surface area contributed by atoms with Crippen molar-refractivity contribution in [1.29, 1.82) is 0 Å². The van der Waals surface area contributed by atoms with Crippen LogP contribution in [-0.4, -0.2) is 0 Å². The smallest absolute Gasteiger partial charge is 0.200 e. The summed E-state index contributed by atoms with van der Waals surface area (Å²) in [7, 11) is 0. The van der Waals surface area contributed by atoms with Gasteiger partial charge in [0.15, 0.2) is 23.3 Å². The number of nitrogens with two attached hydrogens (primary N) is 1. The largest absolute Gasteiger partial charge is 0.324 e. The molecule has 0 aliphatic rings. The molecule has 0 amide bonds. The Kier molecular flexibility index (Phi) is 4.55. The number of rotatable bonds is 3. The van der Waals surface area contributed by atoms with Crippen molar-refractivity contribution < 1.29 is 22.0 Å². The normalized spacial score (nSPS) is 13.7. The van der Waals surface area contributed by atoms with Crippen LogP contribution in [0.15, 0.2) is 0 Å². The van der Waals surface area contributed by atoms with Crippen LogP contribution < -0.4 is 5.73 Å². The first-order valence-corrected chi connectivity index (χ1v) is 5.83. The quantitative estimate of drug-likeness (QED) is 0.501. The maximum Gasteiger partial charge on any atom is 0.200 e. The zero-order valence-electron chi connectivity index (χ0n) is 11.0. The molecule has 0 aliphatic carbocycles. The van der Waals surface area contributed by atoms with E-state index in [9.17, 15) is 22.0 Å². The van der Waals surface area contributed by atoms with E-state index in [0.717, 1.165) is 0 Å². The molecular formula is C13H16F5N. The van der Waals surface area contributed by atoms with Gasteiger partial charge in [-0.1, -0.05) is 20.8 Å². The third-order valence-electron chi connectivity index (χ3n) is 2.82. The molecule has 0 bridgehead atoms. The van der Waals surface area contributed by atoms with E-state index in [2.05, 4.69) is 0 Å². The van der Waals surface area contributed by atoms with E-state index < -0.39 is 40.7 Å². The first-order chi connectivity index (χ1) is 8.56. The zero-order chi connectivity index (χ0) is 15.0.